The fraction of sp³-hybridized carbons (Fsp3) is 0.259. The molecule has 0 spiro atoms. The van der Waals surface area contributed by atoms with Gasteiger partial charge in [-0.25, -0.2) is 22.0 Å². The molecule has 0 unspecified atom stereocenters. The number of hydrogen-bond acceptors (Lipinski definition) is 0. The molecule has 0 aliphatic carbocycles. The molecule has 0 N–H and O–H groups in total. The standard InChI is InChI=1S/C27H22F8/c1-2-3-4-21(28)26(32)19-12-11-18(22(29)13-19)10-7-16-5-8-17(9-6-16)20-14-23(30)25(24(31)15-20)27(33,34)35/h5-6,8-9,11-15H,2-4,7,10H2,1H3. The summed E-state index contributed by atoms with van der Waals surface area (Å²) in [6.07, 6.45) is -3.38. The van der Waals surface area contributed by atoms with Crippen molar-refractivity contribution in [1.29, 1.82) is 0 Å². The number of hydrogen-bond donors (Lipinski definition) is 0. The van der Waals surface area contributed by atoms with Crippen molar-refractivity contribution in [2.45, 2.75) is 45.2 Å². The lowest BCUT2D eigenvalue weighted by Gasteiger charge is -2.11. The molecule has 35 heavy (non-hydrogen) atoms. The number of aryl methyl sites for hydroxylation is 2. The molecule has 3 aromatic carbocycles. The van der Waals surface area contributed by atoms with Crippen LogP contribution in [0.1, 0.15) is 48.4 Å². The summed E-state index contributed by atoms with van der Waals surface area (Å²) in [5.74, 6) is -6.06. The first-order valence-corrected chi connectivity index (χ1v) is 11.0. The van der Waals surface area contributed by atoms with E-state index in [9.17, 15) is 35.1 Å². The van der Waals surface area contributed by atoms with E-state index in [4.69, 9.17) is 0 Å². The molecule has 8 heteroatoms. The number of halogens is 8. The van der Waals surface area contributed by atoms with Gasteiger partial charge in [-0.15, -0.1) is 0 Å². The van der Waals surface area contributed by atoms with Crippen LogP contribution < -0.4 is 0 Å². The van der Waals surface area contributed by atoms with Crippen molar-refractivity contribution in [2.75, 3.05) is 0 Å². The molecule has 0 aromatic heterocycles. The summed E-state index contributed by atoms with van der Waals surface area (Å²) in [6, 6.07) is 11.1. The quantitative estimate of drug-likeness (QED) is 0.272. The number of alkyl halides is 3. The van der Waals surface area contributed by atoms with Gasteiger partial charge < -0.3 is 0 Å². The molecular weight excluding hydrogens is 476 g/mol. The highest BCUT2D eigenvalue weighted by Gasteiger charge is 2.37. The van der Waals surface area contributed by atoms with Crippen molar-refractivity contribution in [3.8, 4) is 11.1 Å². The van der Waals surface area contributed by atoms with Crippen molar-refractivity contribution in [1.82, 2.24) is 0 Å². The second-order valence-electron chi connectivity index (χ2n) is 8.14. The van der Waals surface area contributed by atoms with E-state index in [1.54, 1.807) is 12.1 Å². The zero-order valence-corrected chi connectivity index (χ0v) is 18.8. The van der Waals surface area contributed by atoms with Gasteiger partial charge in [0.15, 0.2) is 5.83 Å². The highest BCUT2D eigenvalue weighted by molar-refractivity contribution is 5.65. The average molecular weight is 498 g/mol. The number of rotatable bonds is 8. The summed E-state index contributed by atoms with van der Waals surface area (Å²) in [6.45, 7) is 1.85. The fourth-order valence-electron chi connectivity index (χ4n) is 3.64. The molecule has 0 aliphatic rings. The second-order valence-corrected chi connectivity index (χ2v) is 8.14. The average Bonchev–Trinajstić information content (AvgIpc) is 2.80. The third-order valence-electron chi connectivity index (χ3n) is 5.59. The Morgan fingerprint density at radius 2 is 1.37 bits per heavy atom. The van der Waals surface area contributed by atoms with Gasteiger partial charge in [0.25, 0.3) is 0 Å². The molecule has 186 valence electrons. The van der Waals surface area contributed by atoms with Gasteiger partial charge in [-0.3, -0.25) is 0 Å². The van der Waals surface area contributed by atoms with Crippen LogP contribution in [0.15, 0.2) is 60.4 Å². The van der Waals surface area contributed by atoms with Crippen LogP contribution in [0.3, 0.4) is 0 Å². The molecule has 3 rings (SSSR count). The highest BCUT2D eigenvalue weighted by atomic mass is 19.4. The van der Waals surface area contributed by atoms with E-state index >= 15 is 0 Å². The van der Waals surface area contributed by atoms with Gasteiger partial charge in [0.2, 0.25) is 0 Å². The Labute approximate surface area is 197 Å². The topological polar surface area (TPSA) is 0 Å². The van der Waals surface area contributed by atoms with Gasteiger partial charge in [0.1, 0.15) is 28.8 Å². The molecule has 0 aliphatic heterocycles. The molecule has 0 saturated carbocycles. The van der Waals surface area contributed by atoms with Crippen molar-refractivity contribution >= 4 is 5.83 Å². The van der Waals surface area contributed by atoms with Crippen LogP contribution in [0.5, 0.6) is 0 Å². The monoisotopic (exact) mass is 498 g/mol. The SMILES string of the molecule is CCCCC(F)=C(F)c1ccc(CCc2ccc(-c3cc(F)c(C(F)(F)F)c(F)c3)cc2)c(F)c1. The maximum atomic E-state index is 14.4. The van der Waals surface area contributed by atoms with E-state index in [0.717, 1.165) is 11.6 Å². The van der Waals surface area contributed by atoms with Crippen LogP contribution in [0.4, 0.5) is 35.1 Å². The summed E-state index contributed by atoms with van der Waals surface area (Å²) >= 11 is 0. The first kappa shape index (κ1) is 26.4. The Balaban J connectivity index is 1.70. The molecule has 3 aromatic rings. The van der Waals surface area contributed by atoms with Crippen molar-refractivity contribution in [3.63, 3.8) is 0 Å². The molecule has 0 atom stereocenters. The lowest BCUT2D eigenvalue weighted by atomic mass is 9.98. The van der Waals surface area contributed by atoms with Gasteiger partial charge in [-0.2, -0.15) is 13.2 Å². The van der Waals surface area contributed by atoms with Crippen LogP contribution in [0.2, 0.25) is 0 Å². The summed E-state index contributed by atoms with van der Waals surface area (Å²) in [4.78, 5) is 0. The van der Waals surface area contributed by atoms with E-state index in [1.807, 2.05) is 6.92 Å². The third-order valence-corrected chi connectivity index (χ3v) is 5.59. The van der Waals surface area contributed by atoms with Gasteiger partial charge >= 0.3 is 6.18 Å². The number of benzene rings is 3. The molecule has 0 amide bonds. The number of allylic oxidation sites excluding steroid dienone is 1. The summed E-state index contributed by atoms with van der Waals surface area (Å²) in [5.41, 5.74) is -0.816. The summed E-state index contributed by atoms with van der Waals surface area (Å²) in [7, 11) is 0. The summed E-state index contributed by atoms with van der Waals surface area (Å²) < 4.78 is 108. The van der Waals surface area contributed by atoms with Crippen molar-refractivity contribution < 1.29 is 35.1 Å². The van der Waals surface area contributed by atoms with Crippen molar-refractivity contribution in [2.24, 2.45) is 0 Å². The van der Waals surface area contributed by atoms with Crippen LogP contribution in [0, 0.1) is 17.5 Å². The molecule has 0 heterocycles. The molecule has 0 bridgehead atoms. The zero-order valence-electron chi connectivity index (χ0n) is 18.8. The van der Waals surface area contributed by atoms with Crippen molar-refractivity contribution in [3.05, 3.63) is 100 Å². The van der Waals surface area contributed by atoms with E-state index in [2.05, 4.69) is 0 Å². The predicted octanol–water partition coefficient (Wildman–Crippen LogP) is 9.37. The van der Waals surface area contributed by atoms with Crippen LogP contribution in [0.25, 0.3) is 17.0 Å². The Bertz CT molecular complexity index is 1180. The maximum Gasteiger partial charge on any atom is 0.422 e. The minimum atomic E-state index is -5.14. The largest absolute Gasteiger partial charge is 0.422 e. The number of unbranched alkanes of at least 4 members (excludes halogenated alkanes) is 1. The normalized spacial score (nSPS) is 12.6. The predicted molar refractivity (Wildman–Crippen MR) is 119 cm³/mol. The minimum absolute atomic E-state index is 0.0482. The zero-order chi connectivity index (χ0) is 25.8. The van der Waals surface area contributed by atoms with Crippen LogP contribution in [-0.4, -0.2) is 0 Å². The lowest BCUT2D eigenvalue weighted by molar-refractivity contribution is -0.142. The van der Waals surface area contributed by atoms with E-state index in [0.29, 0.717) is 42.5 Å². The molecule has 0 radical (unpaired) electrons. The van der Waals surface area contributed by atoms with Crippen LogP contribution >= 0.6 is 0 Å². The first-order valence-electron chi connectivity index (χ1n) is 11.0. The van der Waals surface area contributed by atoms with Gasteiger partial charge in [-0.1, -0.05) is 49.7 Å². The third kappa shape index (κ3) is 6.50. The molecule has 0 fully saturated rings. The Morgan fingerprint density at radius 3 is 1.91 bits per heavy atom. The molecule has 0 nitrogen and oxygen atoms in total. The smallest absolute Gasteiger partial charge is 0.209 e. The highest BCUT2D eigenvalue weighted by Crippen LogP contribution is 2.36. The molecular formula is C27H22F8. The first-order chi connectivity index (χ1) is 16.5. The van der Waals surface area contributed by atoms with Gasteiger partial charge in [0, 0.05) is 12.0 Å². The van der Waals surface area contributed by atoms with E-state index in [-0.39, 0.29) is 24.0 Å². The Kier molecular flexibility index (Phi) is 8.35. The van der Waals surface area contributed by atoms with E-state index in [1.165, 1.54) is 24.3 Å². The van der Waals surface area contributed by atoms with Gasteiger partial charge in [0.05, 0.1) is 0 Å². The second kappa shape index (κ2) is 11.1. The maximum absolute atomic E-state index is 14.4. The van der Waals surface area contributed by atoms with Crippen LogP contribution in [-0.2, 0) is 19.0 Å². The Hall–Kier alpha value is -3.16. The summed E-state index contributed by atoms with van der Waals surface area (Å²) in [5, 5.41) is 0. The fourth-order valence-corrected chi connectivity index (χ4v) is 3.64. The minimum Gasteiger partial charge on any atom is -0.209 e. The lowest BCUT2D eigenvalue weighted by Crippen LogP contribution is -2.11. The van der Waals surface area contributed by atoms with E-state index < -0.39 is 40.8 Å². The molecule has 0 saturated heterocycles. The Morgan fingerprint density at radius 1 is 0.743 bits per heavy atom. The van der Waals surface area contributed by atoms with Gasteiger partial charge in [-0.05, 0) is 59.7 Å².